The highest BCUT2D eigenvalue weighted by molar-refractivity contribution is 6.20. The lowest BCUT2D eigenvalue weighted by molar-refractivity contribution is -0.130. The molecule has 1 saturated carbocycles. The second-order valence-corrected chi connectivity index (χ2v) is 8.65. The van der Waals surface area contributed by atoms with Crippen molar-refractivity contribution in [1.29, 1.82) is 0 Å². The Balaban J connectivity index is 1.38. The fourth-order valence-electron chi connectivity index (χ4n) is 4.48. The summed E-state index contributed by atoms with van der Waals surface area (Å²) < 4.78 is 5.39. The Hall–Kier alpha value is -1.60. The summed E-state index contributed by atoms with van der Waals surface area (Å²) in [5.74, 6) is 1.81. The van der Waals surface area contributed by atoms with Crippen LogP contribution >= 0.6 is 11.6 Å². The number of ether oxygens (including phenoxy) is 1. The van der Waals surface area contributed by atoms with Gasteiger partial charge in [0.15, 0.2) is 0 Å². The van der Waals surface area contributed by atoms with E-state index in [9.17, 15) is 4.79 Å². The predicted octanol–water partition coefficient (Wildman–Crippen LogP) is 2.39. The van der Waals surface area contributed by atoms with Crippen LogP contribution in [-0.4, -0.2) is 52.6 Å². The summed E-state index contributed by atoms with van der Waals surface area (Å²) in [5.41, 5.74) is 0. The highest BCUT2D eigenvalue weighted by Gasteiger charge is 2.41. The number of rotatable bonds is 5. The summed E-state index contributed by atoms with van der Waals surface area (Å²) in [4.78, 5) is 21.5. The van der Waals surface area contributed by atoms with Gasteiger partial charge >= 0.3 is 0 Å². The zero-order chi connectivity index (χ0) is 18.8. The quantitative estimate of drug-likeness (QED) is 0.666. The van der Waals surface area contributed by atoms with Gasteiger partial charge in [-0.3, -0.25) is 4.79 Å². The number of nitrogens with one attached hydrogen (secondary N) is 3. The van der Waals surface area contributed by atoms with Gasteiger partial charge in [0, 0.05) is 30.3 Å². The van der Waals surface area contributed by atoms with Crippen LogP contribution in [0.5, 0.6) is 0 Å². The Morgan fingerprint density at radius 1 is 1.33 bits per heavy atom. The van der Waals surface area contributed by atoms with Crippen LogP contribution in [0.1, 0.15) is 39.0 Å². The van der Waals surface area contributed by atoms with E-state index in [2.05, 4.69) is 25.9 Å². The molecule has 1 aromatic rings. The van der Waals surface area contributed by atoms with Crippen LogP contribution in [0.3, 0.4) is 0 Å². The van der Waals surface area contributed by atoms with Crippen molar-refractivity contribution in [3.8, 4) is 0 Å². The second kappa shape index (κ2) is 8.19. The van der Waals surface area contributed by atoms with Crippen LogP contribution in [0.25, 0.3) is 0 Å². The Labute approximate surface area is 165 Å². The van der Waals surface area contributed by atoms with Gasteiger partial charge in [-0.15, -0.1) is 11.6 Å². The molecule has 3 N–H and O–H groups in total. The molecule has 3 heterocycles. The number of halogens is 1. The van der Waals surface area contributed by atoms with E-state index in [1.54, 1.807) is 6.20 Å². The van der Waals surface area contributed by atoms with Crippen LogP contribution in [0.4, 0.5) is 11.8 Å². The third-order valence-electron chi connectivity index (χ3n) is 6.04. The molecule has 8 heteroatoms. The van der Waals surface area contributed by atoms with Crippen molar-refractivity contribution in [1.82, 2.24) is 15.3 Å². The number of fused-ring (bicyclic) bond motifs is 1. The summed E-state index contributed by atoms with van der Waals surface area (Å²) in [6.07, 6.45) is 6.54. The van der Waals surface area contributed by atoms with Crippen LogP contribution in [0.15, 0.2) is 12.3 Å². The van der Waals surface area contributed by atoms with Crippen molar-refractivity contribution in [2.45, 2.75) is 62.5 Å². The Morgan fingerprint density at radius 3 is 3.04 bits per heavy atom. The van der Waals surface area contributed by atoms with Gasteiger partial charge in [-0.05, 0) is 51.0 Å². The minimum Gasteiger partial charge on any atom is -0.379 e. The molecule has 2 aliphatic heterocycles. The van der Waals surface area contributed by atoms with E-state index in [0.717, 1.165) is 44.5 Å². The molecule has 7 nitrogen and oxygen atoms in total. The number of carbonyl (C=O) groups excluding carboxylic acids is 1. The zero-order valence-electron chi connectivity index (χ0n) is 15.7. The van der Waals surface area contributed by atoms with Gasteiger partial charge in [-0.2, -0.15) is 4.98 Å². The minimum absolute atomic E-state index is 0.0493. The average Bonchev–Trinajstić information content (AvgIpc) is 3.14. The number of hydrogen-bond donors (Lipinski definition) is 3. The van der Waals surface area contributed by atoms with E-state index in [1.807, 2.05) is 13.0 Å². The molecule has 4 rings (SSSR count). The number of hydrogen-bond acceptors (Lipinski definition) is 6. The number of anilines is 2. The molecular weight excluding hydrogens is 366 g/mol. The maximum atomic E-state index is 12.6. The normalized spacial score (nSPS) is 34.4. The third-order valence-corrected chi connectivity index (χ3v) is 6.43. The Morgan fingerprint density at radius 2 is 2.22 bits per heavy atom. The van der Waals surface area contributed by atoms with Gasteiger partial charge in [0.05, 0.1) is 18.6 Å². The lowest BCUT2D eigenvalue weighted by Gasteiger charge is -2.42. The molecule has 0 spiro atoms. The predicted molar refractivity (Wildman–Crippen MR) is 105 cm³/mol. The fraction of sp³-hybridized carbons (Fsp3) is 0.737. The van der Waals surface area contributed by atoms with Crippen LogP contribution in [0, 0.1) is 11.8 Å². The highest BCUT2D eigenvalue weighted by Crippen LogP contribution is 2.36. The molecule has 1 aliphatic carbocycles. The summed E-state index contributed by atoms with van der Waals surface area (Å²) in [6.45, 7) is 3.52. The van der Waals surface area contributed by atoms with Gasteiger partial charge in [0.2, 0.25) is 11.9 Å². The molecule has 2 saturated heterocycles. The van der Waals surface area contributed by atoms with Crippen molar-refractivity contribution >= 4 is 29.3 Å². The lowest BCUT2D eigenvalue weighted by Crippen LogP contribution is -2.55. The molecule has 3 fully saturated rings. The monoisotopic (exact) mass is 393 g/mol. The van der Waals surface area contributed by atoms with Crippen LogP contribution in [0.2, 0.25) is 0 Å². The first kappa shape index (κ1) is 18.7. The number of alkyl halides is 1. The van der Waals surface area contributed by atoms with Gasteiger partial charge in [-0.25, -0.2) is 4.98 Å². The Bertz CT molecular complexity index is 669. The molecule has 3 aliphatic rings. The molecule has 1 aromatic heterocycles. The number of piperidine rings is 1. The molecule has 6 atom stereocenters. The van der Waals surface area contributed by atoms with Crippen molar-refractivity contribution in [3.05, 3.63) is 12.3 Å². The maximum Gasteiger partial charge on any atom is 0.225 e. The average molecular weight is 394 g/mol. The third kappa shape index (κ3) is 4.46. The van der Waals surface area contributed by atoms with Crippen molar-refractivity contribution in [3.63, 3.8) is 0 Å². The largest absolute Gasteiger partial charge is 0.379 e. The van der Waals surface area contributed by atoms with Crippen LogP contribution < -0.4 is 16.0 Å². The van der Waals surface area contributed by atoms with Crippen molar-refractivity contribution in [2.24, 2.45) is 11.8 Å². The first-order chi connectivity index (χ1) is 13.1. The number of nitrogens with zero attached hydrogens (tertiary/aromatic N) is 2. The number of aromatic nitrogens is 2. The summed E-state index contributed by atoms with van der Waals surface area (Å²) in [5, 5.41) is 10.1. The van der Waals surface area contributed by atoms with E-state index in [1.165, 1.54) is 0 Å². The number of amides is 1. The SMILES string of the molecule is C[C@H](Nc1nccc(NC2CCOC2)n1)C1CC2CC(Cl)CCC2NC1=O. The molecule has 5 unspecified atom stereocenters. The standard InChI is InChI=1S/C19H28ClN5O2/c1-11(15-9-12-8-13(20)2-3-16(12)24-18(15)26)22-19-21-6-4-17(25-19)23-14-5-7-27-10-14/h4,6,11-16H,2-3,5,7-10H2,1H3,(H,24,26)(H2,21,22,23,25)/t11-,12?,13?,14?,15?,16?/m0/s1. The molecule has 27 heavy (non-hydrogen) atoms. The molecule has 0 aromatic carbocycles. The van der Waals surface area contributed by atoms with Gasteiger partial charge in [0.1, 0.15) is 5.82 Å². The first-order valence-electron chi connectivity index (χ1n) is 9.97. The molecule has 1 amide bonds. The maximum absolute atomic E-state index is 12.6. The van der Waals surface area contributed by atoms with E-state index in [-0.39, 0.29) is 29.3 Å². The first-order valence-corrected chi connectivity index (χ1v) is 10.4. The molecule has 0 bridgehead atoms. The minimum atomic E-state index is -0.100. The lowest BCUT2D eigenvalue weighted by atomic mass is 9.74. The smallest absolute Gasteiger partial charge is 0.225 e. The van der Waals surface area contributed by atoms with E-state index >= 15 is 0 Å². The van der Waals surface area contributed by atoms with E-state index in [0.29, 0.717) is 24.5 Å². The van der Waals surface area contributed by atoms with Gasteiger partial charge in [-0.1, -0.05) is 0 Å². The number of carbonyl (C=O) groups is 1. The fourth-order valence-corrected chi connectivity index (χ4v) is 4.84. The topological polar surface area (TPSA) is 88.2 Å². The molecular formula is C19H28ClN5O2. The van der Waals surface area contributed by atoms with Gasteiger partial charge in [0.25, 0.3) is 0 Å². The summed E-state index contributed by atoms with van der Waals surface area (Å²) >= 11 is 6.35. The highest BCUT2D eigenvalue weighted by atomic mass is 35.5. The van der Waals surface area contributed by atoms with Crippen molar-refractivity contribution in [2.75, 3.05) is 23.8 Å². The van der Waals surface area contributed by atoms with Crippen LogP contribution in [-0.2, 0) is 9.53 Å². The Kier molecular flexibility index (Phi) is 5.68. The summed E-state index contributed by atoms with van der Waals surface area (Å²) in [6, 6.07) is 2.38. The molecule has 148 valence electrons. The summed E-state index contributed by atoms with van der Waals surface area (Å²) in [7, 11) is 0. The van der Waals surface area contributed by atoms with E-state index in [4.69, 9.17) is 16.3 Å². The van der Waals surface area contributed by atoms with E-state index < -0.39 is 0 Å². The van der Waals surface area contributed by atoms with Gasteiger partial charge < -0.3 is 20.7 Å². The second-order valence-electron chi connectivity index (χ2n) is 8.03. The molecule has 0 radical (unpaired) electrons. The van der Waals surface area contributed by atoms with Crippen molar-refractivity contribution < 1.29 is 9.53 Å². The zero-order valence-corrected chi connectivity index (χ0v) is 16.4.